The first-order chi connectivity index (χ1) is 14.9. The van der Waals surface area contributed by atoms with Gasteiger partial charge in [0, 0.05) is 61.0 Å². The Labute approximate surface area is 190 Å². The second-order valence-electron chi connectivity index (χ2n) is 8.64. The lowest BCUT2D eigenvalue weighted by Gasteiger charge is -2.40. The molecule has 0 saturated carbocycles. The Morgan fingerprint density at radius 2 is 1.90 bits per heavy atom. The van der Waals surface area contributed by atoms with Gasteiger partial charge in [-0.2, -0.15) is 0 Å². The zero-order chi connectivity index (χ0) is 22.0. The third-order valence-corrected chi connectivity index (χ3v) is 6.46. The molecule has 1 aromatic carbocycles. The number of aromatic nitrogens is 2. The highest BCUT2D eigenvalue weighted by atomic mass is 35.5. The van der Waals surface area contributed by atoms with Crippen molar-refractivity contribution in [3.8, 4) is 0 Å². The van der Waals surface area contributed by atoms with E-state index in [1.807, 2.05) is 12.1 Å². The van der Waals surface area contributed by atoms with Gasteiger partial charge >= 0.3 is 0 Å². The number of hydrogen-bond donors (Lipinski definition) is 1. The Balaban J connectivity index is 1.46. The molecule has 166 valence electrons. The van der Waals surface area contributed by atoms with Gasteiger partial charge in [-0.1, -0.05) is 44.2 Å². The summed E-state index contributed by atoms with van der Waals surface area (Å²) in [5, 5.41) is 4.34. The summed E-state index contributed by atoms with van der Waals surface area (Å²) < 4.78 is 5.78. The molecule has 2 aliphatic heterocycles. The predicted octanol–water partition coefficient (Wildman–Crippen LogP) is 4.14. The van der Waals surface area contributed by atoms with Crippen LogP contribution < -0.4 is 10.2 Å². The minimum absolute atomic E-state index is 0.0515. The lowest BCUT2D eigenvalue weighted by atomic mass is 9.94. The van der Waals surface area contributed by atoms with Crippen LogP contribution in [0.3, 0.4) is 0 Å². The smallest absolute Gasteiger partial charge is 0.138 e. The molecule has 2 aliphatic rings. The number of nitrogens with one attached hydrogen (secondary N) is 1. The molecule has 4 rings (SSSR count). The molecule has 0 spiro atoms. The van der Waals surface area contributed by atoms with Crippen molar-refractivity contribution in [3.63, 3.8) is 0 Å². The van der Waals surface area contributed by atoms with Gasteiger partial charge in [0.1, 0.15) is 12.1 Å². The zero-order valence-corrected chi connectivity index (χ0v) is 19.4. The Bertz CT molecular complexity index is 909. The van der Waals surface area contributed by atoms with Gasteiger partial charge in [0.15, 0.2) is 0 Å². The molecule has 0 amide bonds. The van der Waals surface area contributed by atoms with Gasteiger partial charge in [-0.25, -0.2) is 9.97 Å². The van der Waals surface area contributed by atoms with Crippen molar-refractivity contribution in [1.29, 1.82) is 0 Å². The summed E-state index contributed by atoms with van der Waals surface area (Å²) in [6.45, 7) is 16.0. The Hall–Kier alpha value is -2.15. The van der Waals surface area contributed by atoms with Crippen molar-refractivity contribution in [2.75, 3.05) is 37.6 Å². The van der Waals surface area contributed by atoms with Crippen molar-refractivity contribution >= 4 is 17.4 Å². The SMILES string of the molecule is C=C([C@@H](CNC(C)C)c1ccc(Cl)cc1)N1CCN(c2ncnc3c2[C@H](C)OC3)CC1. The summed E-state index contributed by atoms with van der Waals surface area (Å²) in [7, 11) is 0. The van der Waals surface area contributed by atoms with E-state index in [9.17, 15) is 0 Å². The summed E-state index contributed by atoms with van der Waals surface area (Å²) in [4.78, 5) is 13.8. The van der Waals surface area contributed by atoms with Crippen molar-refractivity contribution in [2.24, 2.45) is 0 Å². The molecule has 31 heavy (non-hydrogen) atoms. The number of halogens is 1. The average molecular weight is 442 g/mol. The van der Waals surface area contributed by atoms with Gasteiger partial charge in [0.25, 0.3) is 0 Å². The molecule has 1 saturated heterocycles. The van der Waals surface area contributed by atoms with Crippen molar-refractivity contribution in [3.05, 3.63) is 64.7 Å². The van der Waals surface area contributed by atoms with Crippen LogP contribution in [0.25, 0.3) is 0 Å². The van der Waals surface area contributed by atoms with Gasteiger partial charge in [-0.05, 0) is 24.6 Å². The highest BCUT2D eigenvalue weighted by molar-refractivity contribution is 6.30. The van der Waals surface area contributed by atoms with Crippen LogP contribution in [0.2, 0.25) is 5.02 Å². The normalized spacial score (nSPS) is 19.6. The number of fused-ring (bicyclic) bond motifs is 1. The van der Waals surface area contributed by atoms with Crippen LogP contribution in [0, 0.1) is 0 Å². The molecular formula is C24H32ClN5O. The van der Waals surface area contributed by atoms with E-state index in [0.29, 0.717) is 12.6 Å². The summed E-state index contributed by atoms with van der Waals surface area (Å²) in [6, 6.07) is 8.57. The summed E-state index contributed by atoms with van der Waals surface area (Å²) in [5.74, 6) is 1.24. The molecule has 3 heterocycles. The molecular weight excluding hydrogens is 410 g/mol. The third-order valence-electron chi connectivity index (χ3n) is 6.21. The second kappa shape index (κ2) is 9.55. The van der Waals surface area contributed by atoms with E-state index in [1.54, 1.807) is 6.33 Å². The maximum Gasteiger partial charge on any atom is 0.138 e. The van der Waals surface area contributed by atoms with E-state index in [2.05, 4.69) is 64.6 Å². The quantitative estimate of drug-likeness (QED) is 0.696. The molecule has 0 radical (unpaired) electrons. The van der Waals surface area contributed by atoms with Crippen LogP contribution in [0.15, 0.2) is 42.9 Å². The molecule has 2 atom stereocenters. The number of nitrogens with zero attached hydrogens (tertiary/aromatic N) is 4. The van der Waals surface area contributed by atoms with E-state index in [4.69, 9.17) is 16.3 Å². The molecule has 2 aromatic rings. The van der Waals surface area contributed by atoms with Gasteiger partial charge in [0.05, 0.1) is 18.4 Å². The van der Waals surface area contributed by atoms with Crippen molar-refractivity contribution in [2.45, 2.75) is 45.4 Å². The van der Waals surface area contributed by atoms with Crippen LogP contribution in [0.1, 0.15) is 49.6 Å². The van der Waals surface area contributed by atoms with Crippen LogP contribution in [0.4, 0.5) is 5.82 Å². The maximum atomic E-state index is 6.12. The standard InChI is InChI=1S/C24H32ClN5O/c1-16(2)26-13-21(19-5-7-20(25)8-6-19)17(3)29-9-11-30(12-10-29)24-23-18(4)31-14-22(23)27-15-28-24/h5-8,15-16,18,21,26H,3,9-14H2,1-2,4H3/t18-,21+/m0/s1. The van der Waals surface area contributed by atoms with Crippen molar-refractivity contribution in [1.82, 2.24) is 20.2 Å². The molecule has 1 aromatic heterocycles. The maximum absolute atomic E-state index is 6.12. The van der Waals surface area contributed by atoms with E-state index >= 15 is 0 Å². The number of ether oxygens (including phenoxy) is 1. The number of piperazine rings is 1. The lowest BCUT2D eigenvalue weighted by molar-refractivity contribution is 0.0787. The minimum atomic E-state index is 0.0515. The van der Waals surface area contributed by atoms with E-state index in [1.165, 1.54) is 5.56 Å². The summed E-state index contributed by atoms with van der Waals surface area (Å²) >= 11 is 6.12. The Morgan fingerprint density at radius 1 is 1.19 bits per heavy atom. The fourth-order valence-electron chi connectivity index (χ4n) is 4.39. The Morgan fingerprint density at radius 3 is 2.58 bits per heavy atom. The van der Waals surface area contributed by atoms with Crippen LogP contribution >= 0.6 is 11.6 Å². The van der Waals surface area contributed by atoms with Gasteiger partial charge in [-0.3, -0.25) is 0 Å². The third kappa shape index (κ3) is 4.86. The number of benzene rings is 1. The first-order valence-electron chi connectivity index (χ1n) is 11.1. The fourth-order valence-corrected chi connectivity index (χ4v) is 4.52. The summed E-state index contributed by atoms with van der Waals surface area (Å²) in [6.07, 6.45) is 1.71. The van der Waals surface area contributed by atoms with Gasteiger partial charge in [-0.15, -0.1) is 0 Å². The average Bonchev–Trinajstić information content (AvgIpc) is 3.16. The van der Waals surface area contributed by atoms with E-state index in [-0.39, 0.29) is 12.0 Å². The number of rotatable bonds is 7. The van der Waals surface area contributed by atoms with Gasteiger partial charge in [0.2, 0.25) is 0 Å². The molecule has 1 N–H and O–H groups in total. The second-order valence-corrected chi connectivity index (χ2v) is 9.08. The topological polar surface area (TPSA) is 53.5 Å². The first kappa shape index (κ1) is 22.1. The lowest BCUT2D eigenvalue weighted by Crippen LogP contribution is -2.47. The minimum Gasteiger partial charge on any atom is -0.371 e. The van der Waals surface area contributed by atoms with Crippen molar-refractivity contribution < 1.29 is 4.74 Å². The number of hydrogen-bond acceptors (Lipinski definition) is 6. The van der Waals surface area contributed by atoms with Crippen LogP contribution in [-0.2, 0) is 11.3 Å². The molecule has 0 bridgehead atoms. The molecule has 1 fully saturated rings. The predicted molar refractivity (Wildman–Crippen MR) is 125 cm³/mol. The zero-order valence-electron chi connectivity index (χ0n) is 18.6. The fraction of sp³-hybridized carbons (Fsp3) is 0.500. The first-order valence-corrected chi connectivity index (χ1v) is 11.4. The van der Waals surface area contributed by atoms with Crippen LogP contribution in [0.5, 0.6) is 0 Å². The molecule has 0 unspecified atom stereocenters. The largest absolute Gasteiger partial charge is 0.371 e. The monoisotopic (exact) mass is 441 g/mol. The van der Waals surface area contributed by atoms with Gasteiger partial charge < -0.3 is 19.9 Å². The highest BCUT2D eigenvalue weighted by Crippen LogP contribution is 2.36. The Kier molecular flexibility index (Phi) is 6.80. The summed E-state index contributed by atoms with van der Waals surface area (Å²) in [5.41, 5.74) is 4.56. The van der Waals surface area contributed by atoms with Crippen LogP contribution in [-0.4, -0.2) is 53.6 Å². The molecule has 0 aliphatic carbocycles. The molecule has 6 nitrogen and oxygen atoms in total. The highest BCUT2D eigenvalue weighted by Gasteiger charge is 2.30. The van der Waals surface area contributed by atoms with E-state index in [0.717, 1.165) is 60.5 Å². The molecule has 7 heteroatoms. The number of anilines is 1. The van der Waals surface area contributed by atoms with E-state index < -0.39 is 0 Å².